The van der Waals surface area contributed by atoms with Gasteiger partial charge in [-0.3, -0.25) is 4.79 Å². The van der Waals surface area contributed by atoms with Crippen molar-refractivity contribution in [2.45, 2.75) is 19.4 Å². The maximum atomic E-state index is 13.2. The lowest BCUT2D eigenvalue weighted by Gasteiger charge is -2.13. The molecule has 0 heterocycles. The second-order valence-corrected chi connectivity index (χ2v) is 4.05. The minimum atomic E-state index is -1.57. The van der Waals surface area contributed by atoms with Crippen molar-refractivity contribution >= 4 is 23.7 Å². The summed E-state index contributed by atoms with van der Waals surface area (Å²) in [5.41, 5.74) is 0.523. The number of hydrogen-bond donors (Lipinski definition) is 4. The molecule has 0 aliphatic carbocycles. The fourth-order valence-electron chi connectivity index (χ4n) is 1.37. The number of benzene rings is 1. The van der Waals surface area contributed by atoms with E-state index in [4.69, 9.17) is 10.2 Å². The van der Waals surface area contributed by atoms with Crippen LogP contribution in [-0.2, 0) is 9.59 Å². The van der Waals surface area contributed by atoms with Crippen molar-refractivity contribution < 1.29 is 29.0 Å². The Kier molecular flexibility index (Phi) is 5.01. The SMILES string of the molecule is Cc1ccc(NC(=O)N[C@H](CC(=O)O)C(=O)O)cc1F. The number of carbonyl (C=O) groups excluding carboxylic acids is 1. The van der Waals surface area contributed by atoms with Crippen molar-refractivity contribution in [3.63, 3.8) is 0 Å². The summed E-state index contributed by atoms with van der Waals surface area (Å²) in [5, 5.41) is 21.5. The lowest BCUT2D eigenvalue weighted by Crippen LogP contribution is -2.44. The minimum absolute atomic E-state index is 0.130. The second-order valence-electron chi connectivity index (χ2n) is 4.05. The number of anilines is 1. The number of nitrogens with one attached hydrogen (secondary N) is 2. The number of urea groups is 1. The maximum absolute atomic E-state index is 13.2. The number of carboxylic acid groups (broad SMARTS) is 2. The summed E-state index contributed by atoms with van der Waals surface area (Å²) in [6.07, 6.45) is -0.759. The number of carboxylic acids is 2. The van der Waals surface area contributed by atoms with Crippen molar-refractivity contribution in [1.82, 2.24) is 5.32 Å². The normalized spacial score (nSPS) is 11.5. The first-order valence-corrected chi connectivity index (χ1v) is 5.58. The quantitative estimate of drug-likeness (QED) is 0.648. The molecule has 20 heavy (non-hydrogen) atoms. The largest absolute Gasteiger partial charge is 0.481 e. The zero-order valence-corrected chi connectivity index (χ0v) is 10.5. The number of hydrogen-bond acceptors (Lipinski definition) is 3. The van der Waals surface area contributed by atoms with Gasteiger partial charge in [-0.1, -0.05) is 6.07 Å². The van der Waals surface area contributed by atoms with Crippen molar-refractivity contribution in [3.8, 4) is 0 Å². The van der Waals surface area contributed by atoms with Crippen molar-refractivity contribution in [2.75, 3.05) is 5.32 Å². The molecule has 1 atom stereocenters. The average molecular weight is 284 g/mol. The smallest absolute Gasteiger partial charge is 0.326 e. The minimum Gasteiger partial charge on any atom is -0.481 e. The molecule has 7 nitrogen and oxygen atoms in total. The van der Waals surface area contributed by atoms with E-state index in [-0.39, 0.29) is 5.69 Å². The Morgan fingerprint density at radius 1 is 1.30 bits per heavy atom. The molecule has 1 rings (SSSR count). The van der Waals surface area contributed by atoms with Crippen LogP contribution in [0.3, 0.4) is 0 Å². The van der Waals surface area contributed by atoms with E-state index in [0.29, 0.717) is 5.56 Å². The van der Waals surface area contributed by atoms with Gasteiger partial charge in [-0.2, -0.15) is 0 Å². The molecule has 0 aliphatic rings. The van der Waals surface area contributed by atoms with Crippen LogP contribution < -0.4 is 10.6 Å². The lowest BCUT2D eigenvalue weighted by atomic mass is 10.2. The zero-order valence-electron chi connectivity index (χ0n) is 10.5. The molecule has 0 spiro atoms. The fourth-order valence-corrected chi connectivity index (χ4v) is 1.37. The van der Waals surface area contributed by atoms with Crippen LogP contribution in [0.15, 0.2) is 18.2 Å². The number of aryl methyl sites for hydroxylation is 1. The van der Waals surface area contributed by atoms with E-state index in [1.165, 1.54) is 12.1 Å². The molecular formula is C12H13FN2O5. The van der Waals surface area contributed by atoms with E-state index >= 15 is 0 Å². The molecule has 108 valence electrons. The molecule has 0 bridgehead atoms. The summed E-state index contributed by atoms with van der Waals surface area (Å²) in [5.74, 6) is -3.36. The first kappa shape index (κ1) is 15.4. The summed E-state index contributed by atoms with van der Waals surface area (Å²) >= 11 is 0. The summed E-state index contributed by atoms with van der Waals surface area (Å²) < 4.78 is 13.2. The third-order valence-corrected chi connectivity index (χ3v) is 2.41. The Bertz CT molecular complexity index is 547. The number of rotatable bonds is 5. The number of halogens is 1. The predicted octanol–water partition coefficient (Wildman–Crippen LogP) is 1.18. The highest BCUT2D eigenvalue weighted by Gasteiger charge is 2.23. The summed E-state index contributed by atoms with van der Waals surface area (Å²) in [4.78, 5) is 32.7. The van der Waals surface area contributed by atoms with Gasteiger partial charge in [-0.15, -0.1) is 0 Å². The third kappa shape index (κ3) is 4.56. The van der Waals surface area contributed by atoms with E-state index in [1.54, 1.807) is 6.92 Å². The van der Waals surface area contributed by atoms with E-state index in [1.807, 2.05) is 5.32 Å². The van der Waals surface area contributed by atoms with Crippen LogP contribution in [0.1, 0.15) is 12.0 Å². The van der Waals surface area contributed by atoms with Crippen molar-refractivity contribution in [1.29, 1.82) is 0 Å². The Morgan fingerprint density at radius 3 is 2.45 bits per heavy atom. The summed E-state index contributed by atoms with van der Waals surface area (Å²) in [6, 6.07) is 1.45. The molecule has 1 aromatic carbocycles. The monoisotopic (exact) mass is 284 g/mol. The van der Waals surface area contributed by atoms with Gasteiger partial charge in [-0.25, -0.2) is 14.0 Å². The molecule has 2 amide bonds. The molecule has 0 saturated heterocycles. The molecular weight excluding hydrogens is 271 g/mol. The number of aliphatic carboxylic acids is 2. The first-order chi connectivity index (χ1) is 9.29. The van der Waals surface area contributed by atoms with Crippen LogP contribution in [0.4, 0.5) is 14.9 Å². The van der Waals surface area contributed by atoms with Crippen molar-refractivity contribution in [2.24, 2.45) is 0 Å². The topological polar surface area (TPSA) is 116 Å². The van der Waals surface area contributed by atoms with E-state index in [9.17, 15) is 18.8 Å². The van der Waals surface area contributed by atoms with Crippen LogP contribution >= 0.6 is 0 Å². The maximum Gasteiger partial charge on any atom is 0.326 e. The van der Waals surface area contributed by atoms with Crippen LogP contribution in [0.25, 0.3) is 0 Å². The van der Waals surface area contributed by atoms with Gasteiger partial charge in [0.15, 0.2) is 0 Å². The third-order valence-electron chi connectivity index (χ3n) is 2.41. The van der Waals surface area contributed by atoms with E-state index < -0.39 is 36.2 Å². The van der Waals surface area contributed by atoms with Crippen LogP contribution in [-0.4, -0.2) is 34.2 Å². The van der Waals surface area contributed by atoms with Gasteiger partial charge in [0.1, 0.15) is 11.9 Å². The van der Waals surface area contributed by atoms with Gasteiger partial charge >= 0.3 is 18.0 Å². The lowest BCUT2D eigenvalue weighted by molar-refractivity contribution is -0.145. The van der Waals surface area contributed by atoms with Crippen LogP contribution in [0.2, 0.25) is 0 Å². The van der Waals surface area contributed by atoms with Gasteiger partial charge in [0, 0.05) is 5.69 Å². The Hall–Kier alpha value is -2.64. The highest BCUT2D eigenvalue weighted by molar-refractivity contribution is 5.93. The highest BCUT2D eigenvalue weighted by atomic mass is 19.1. The molecule has 4 N–H and O–H groups in total. The van der Waals surface area contributed by atoms with E-state index in [0.717, 1.165) is 6.07 Å². The molecule has 0 aliphatic heterocycles. The predicted molar refractivity (Wildman–Crippen MR) is 67.0 cm³/mol. The molecule has 0 fully saturated rings. The molecule has 0 saturated carbocycles. The number of carbonyl (C=O) groups is 3. The number of amides is 2. The molecule has 0 aromatic heterocycles. The van der Waals surface area contributed by atoms with Gasteiger partial charge in [-0.05, 0) is 24.6 Å². The van der Waals surface area contributed by atoms with Crippen LogP contribution in [0, 0.1) is 12.7 Å². The summed E-state index contributed by atoms with van der Waals surface area (Å²) in [7, 11) is 0. The zero-order chi connectivity index (χ0) is 15.3. The fraction of sp³-hybridized carbons (Fsp3) is 0.250. The average Bonchev–Trinajstić information content (AvgIpc) is 2.32. The highest BCUT2D eigenvalue weighted by Crippen LogP contribution is 2.13. The molecule has 1 aromatic rings. The van der Waals surface area contributed by atoms with Gasteiger partial charge in [0.05, 0.1) is 6.42 Å². The molecule has 8 heteroatoms. The Morgan fingerprint density at radius 2 is 1.95 bits per heavy atom. The standard InChI is InChI=1S/C12H13FN2O5/c1-6-2-3-7(4-8(6)13)14-12(20)15-9(11(18)19)5-10(16)17/h2-4,9H,5H2,1H3,(H,16,17)(H,18,19)(H2,14,15,20)/t9-/m1/s1. The molecule has 0 radical (unpaired) electrons. The van der Waals surface area contributed by atoms with Crippen LogP contribution in [0.5, 0.6) is 0 Å². The first-order valence-electron chi connectivity index (χ1n) is 5.58. The van der Waals surface area contributed by atoms with Crippen molar-refractivity contribution in [3.05, 3.63) is 29.6 Å². The van der Waals surface area contributed by atoms with Gasteiger partial charge < -0.3 is 20.8 Å². The molecule has 0 unspecified atom stereocenters. The Labute approximate surface area is 113 Å². The van der Waals surface area contributed by atoms with Gasteiger partial charge in [0.25, 0.3) is 0 Å². The van der Waals surface area contributed by atoms with E-state index in [2.05, 4.69) is 5.32 Å². The Balaban J connectivity index is 2.67. The summed E-state index contributed by atoms with van der Waals surface area (Å²) in [6.45, 7) is 1.55. The van der Waals surface area contributed by atoms with Gasteiger partial charge in [0.2, 0.25) is 0 Å². The second kappa shape index (κ2) is 6.50.